The summed E-state index contributed by atoms with van der Waals surface area (Å²) in [5.41, 5.74) is 0.403. The molecule has 1 heterocycles. The second-order valence-corrected chi connectivity index (χ2v) is 6.93. The Kier molecular flexibility index (Phi) is 4.60. The van der Waals surface area contributed by atoms with Gasteiger partial charge in [0, 0.05) is 37.8 Å². The van der Waals surface area contributed by atoms with E-state index in [2.05, 4.69) is 5.32 Å². The van der Waals surface area contributed by atoms with Crippen molar-refractivity contribution in [1.29, 1.82) is 0 Å². The van der Waals surface area contributed by atoms with Gasteiger partial charge in [0.1, 0.15) is 0 Å². The lowest BCUT2D eigenvalue weighted by molar-refractivity contribution is -0.385. The van der Waals surface area contributed by atoms with Gasteiger partial charge >= 0.3 is 0 Å². The normalized spacial score (nSPS) is 20.4. The Labute approximate surface area is 124 Å². The third-order valence-corrected chi connectivity index (χ3v) is 5.77. The molecular formula is C13H19N3O4S. The first-order valence-electron chi connectivity index (χ1n) is 6.87. The van der Waals surface area contributed by atoms with Gasteiger partial charge in [-0.1, -0.05) is 13.0 Å². The lowest BCUT2D eigenvalue weighted by Crippen LogP contribution is -2.52. The predicted octanol–water partition coefficient (Wildman–Crippen LogP) is 1.14. The van der Waals surface area contributed by atoms with Crippen molar-refractivity contribution in [3.63, 3.8) is 0 Å². The summed E-state index contributed by atoms with van der Waals surface area (Å²) in [6.45, 7) is 5.19. The van der Waals surface area contributed by atoms with E-state index in [-0.39, 0.29) is 16.6 Å². The van der Waals surface area contributed by atoms with Crippen LogP contribution in [0.1, 0.15) is 19.4 Å². The van der Waals surface area contributed by atoms with Crippen LogP contribution in [0.15, 0.2) is 23.1 Å². The molecule has 0 bridgehead atoms. The predicted molar refractivity (Wildman–Crippen MR) is 78.7 cm³/mol. The number of piperazine rings is 1. The van der Waals surface area contributed by atoms with Crippen LogP contribution in [0.5, 0.6) is 0 Å². The molecule has 1 N–H and O–H groups in total. The van der Waals surface area contributed by atoms with Crippen LogP contribution in [-0.2, 0) is 16.4 Å². The van der Waals surface area contributed by atoms with Crippen LogP contribution in [-0.4, -0.2) is 43.3 Å². The second kappa shape index (κ2) is 6.08. The molecular weight excluding hydrogens is 294 g/mol. The molecule has 1 fully saturated rings. The van der Waals surface area contributed by atoms with Crippen molar-refractivity contribution >= 4 is 15.7 Å². The molecule has 0 aliphatic carbocycles. The maximum absolute atomic E-state index is 12.8. The Morgan fingerprint density at radius 2 is 2.19 bits per heavy atom. The molecule has 2 rings (SSSR count). The topological polar surface area (TPSA) is 92.5 Å². The van der Waals surface area contributed by atoms with E-state index in [1.807, 2.05) is 13.8 Å². The summed E-state index contributed by atoms with van der Waals surface area (Å²) in [7, 11) is -3.72. The highest BCUT2D eigenvalue weighted by atomic mass is 32.2. The molecule has 1 aromatic rings. The van der Waals surface area contributed by atoms with Crippen molar-refractivity contribution < 1.29 is 13.3 Å². The summed E-state index contributed by atoms with van der Waals surface area (Å²) >= 11 is 0. The van der Waals surface area contributed by atoms with E-state index >= 15 is 0 Å². The smallest absolute Gasteiger partial charge is 0.270 e. The van der Waals surface area contributed by atoms with Gasteiger partial charge in [-0.25, -0.2) is 8.42 Å². The van der Waals surface area contributed by atoms with Crippen LogP contribution in [0.25, 0.3) is 0 Å². The lowest BCUT2D eigenvalue weighted by Gasteiger charge is -2.33. The van der Waals surface area contributed by atoms with Crippen molar-refractivity contribution in [3.05, 3.63) is 33.9 Å². The van der Waals surface area contributed by atoms with Gasteiger partial charge in [0.15, 0.2) is 0 Å². The fourth-order valence-corrected chi connectivity index (χ4v) is 4.44. The molecule has 0 radical (unpaired) electrons. The molecule has 0 saturated carbocycles. The second-order valence-electron chi connectivity index (χ2n) is 5.07. The van der Waals surface area contributed by atoms with Gasteiger partial charge in [-0.15, -0.1) is 0 Å². The van der Waals surface area contributed by atoms with E-state index in [0.717, 1.165) is 0 Å². The first-order chi connectivity index (χ1) is 9.87. The minimum atomic E-state index is -3.72. The van der Waals surface area contributed by atoms with Gasteiger partial charge in [0.25, 0.3) is 5.69 Å². The summed E-state index contributed by atoms with van der Waals surface area (Å²) in [4.78, 5) is 10.4. The van der Waals surface area contributed by atoms with E-state index in [9.17, 15) is 18.5 Å². The van der Waals surface area contributed by atoms with Crippen molar-refractivity contribution in [2.24, 2.45) is 0 Å². The molecule has 7 nitrogen and oxygen atoms in total. The van der Waals surface area contributed by atoms with Crippen LogP contribution < -0.4 is 5.32 Å². The number of nitro benzene ring substituents is 1. The van der Waals surface area contributed by atoms with E-state index in [0.29, 0.717) is 31.6 Å². The molecule has 1 saturated heterocycles. The molecule has 21 heavy (non-hydrogen) atoms. The zero-order valence-electron chi connectivity index (χ0n) is 12.1. The van der Waals surface area contributed by atoms with Gasteiger partial charge in [0.2, 0.25) is 10.0 Å². The third kappa shape index (κ3) is 3.07. The maximum Gasteiger partial charge on any atom is 0.270 e. The SMILES string of the molecule is CCc1ccc([N+](=O)[O-])cc1S(=O)(=O)N1CCNCC1C. The Hall–Kier alpha value is -1.51. The molecule has 0 aromatic heterocycles. The van der Waals surface area contributed by atoms with E-state index in [1.165, 1.54) is 22.5 Å². The molecule has 8 heteroatoms. The Bertz CT molecular complexity index is 645. The molecule has 1 atom stereocenters. The number of benzene rings is 1. The monoisotopic (exact) mass is 313 g/mol. The lowest BCUT2D eigenvalue weighted by atomic mass is 10.1. The van der Waals surface area contributed by atoms with E-state index in [1.54, 1.807) is 0 Å². The van der Waals surface area contributed by atoms with Crippen molar-refractivity contribution in [3.8, 4) is 0 Å². The van der Waals surface area contributed by atoms with Crippen molar-refractivity contribution in [2.45, 2.75) is 31.2 Å². The Balaban J connectivity index is 2.52. The van der Waals surface area contributed by atoms with Crippen LogP contribution in [0.3, 0.4) is 0 Å². The minimum absolute atomic E-state index is 0.0490. The number of nitro groups is 1. The first-order valence-corrected chi connectivity index (χ1v) is 8.31. The molecule has 0 amide bonds. The maximum atomic E-state index is 12.8. The zero-order valence-corrected chi connectivity index (χ0v) is 12.9. The largest absolute Gasteiger partial charge is 0.314 e. The summed E-state index contributed by atoms with van der Waals surface area (Å²) in [6, 6.07) is 3.87. The van der Waals surface area contributed by atoms with Gasteiger partial charge in [-0.2, -0.15) is 4.31 Å². The number of non-ortho nitro benzene ring substituents is 1. The standard InChI is InChI=1S/C13H19N3O4S/c1-3-11-4-5-12(16(17)18)8-13(11)21(19,20)15-7-6-14-9-10(15)2/h4-5,8,10,14H,3,6-7,9H2,1-2H3. The third-order valence-electron chi connectivity index (χ3n) is 3.67. The fraction of sp³-hybridized carbons (Fsp3) is 0.538. The highest BCUT2D eigenvalue weighted by Gasteiger charge is 2.33. The minimum Gasteiger partial charge on any atom is -0.314 e. The Morgan fingerprint density at radius 1 is 1.48 bits per heavy atom. The highest BCUT2D eigenvalue weighted by molar-refractivity contribution is 7.89. The molecule has 1 aliphatic heterocycles. The van der Waals surface area contributed by atoms with E-state index in [4.69, 9.17) is 0 Å². The summed E-state index contributed by atoms with van der Waals surface area (Å²) in [5.74, 6) is 0. The number of hydrogen-bond acceptors (Lipinski definition) is 5. The van der Waals surface area contributed by atoms with Gasteiger partial charge in [-0.05, 0) is 18.9 Å². The van der Waals surface area contributed by atoms with Crippen molar-refractivity contribution in [2.75, 3.05) is 19.6 Å². The highest BCUT2D eigenvalue weighted by Crippen LogP contribution is 2.27. The van der Waals surface area contributed by atoms with Gasteiger partial charge in [-0.3, -0.25) is 10.1 Å². The quantitative estimate of drug-likeness (QED) is 0.664. The van der Waals surface area contributed by atoms with Gasteiger partial charge in [0.05, 0.1) is 9.82 Å². The molecule has 1 aliphatic rings. The van der Waals surface area contributed by atoms with Crippen molar-refractivity contribution in [1.82, 2.24) is 9.62 Å². The average molecular weight is 313 g/mol. The average Bonchev–Trinajstić information content (AvgIpc) is 2.46. The van der Waals surface area contributed by atoms with Crippen LogP contribution in [0, 0.1) is 10.1 Å². The van der Waals surface area contributed by atoms with Crippen LogP contribution >= 0.6 is 0 Å². The summed E-state index contributed by atoms with van der Waals surface area (Å²) in [6.07, 6.45) is 0.507. The first kappa shape index (κ1) is 15.9. The number of hydrogen-bond donors (Lipinski definition) is 1. The number of nitrogens with one attached hydrogen (secondary N) is 1. The molecule has 116 valence electrons. The van der Waals surface area contributed by atoms with Crippen LogP contribution in [0.2, 0.25) is 0 Å². The number of rotatable bonds is 4. The molecule has 1 unspecified atom stereocenters. The van der Waals surface area contributed by atoms with Crippen LogP contribution in [0.4, 0.5) is 5.69 Å². The summed E-state index contributed by atoms with van der Waals surface area (Å²) < 4.78 is 27.1. The van der Waals surface area contributed by atoms with E-state index < -0.39 is 14.9 Å². The number of aryl methyl sites for hydroxylation is 1. The Morgan fingerprint density at radius 3 is 2.76 bits per heavy atom. The fourth-order valence-electron chi connectivity index (χ4n) is 2.49. The molecule has 1 aromatic carbocycles. The zero-order chi connectivity index (χ0) is 15.6. The number of nitrogens with zero attached hydrogens (tertiary/aromatic N) is 2. The summed E-state index contributed by atoms with van der Waals surface area (Å²) in [5, 5.41) is 14.0. The van der Waals surface area contributed by atoms with Gasteiger partial charge < -0.3 is 5.32 Å². The molecule has 0 spiro atoms. The number of sulfonamides is 1.